The maximum Gasteiger partial charge on any atom is 0.221 e. The van der Waals surface area contributed by atoms with Crippen molar-refractivity contribution in [2.24, 2.45) is 0 Å². The van der Waals surface area contributed by atoms with E-state index in [0.29, 0.717) is 10.4 Å². The van der Waals surface area contributed by atoms with Gasteiger partial charge in [0, 0.05) is 11.1 Å². The van der Waals surface area contributed by atoms with Crippen molar-refractivity contribution in [1.29, 1.82) is 5.41 Å². The number of rotatable bonds is 1. The average Bonchev–Trinajstić information content (AvgIpc) is 2.13. The van der Waals surface area contributed by atoms with E-state index in [2.05, 4.69) is 0 Å². The normalized spacial score (nSPS) is 9.33. The fourth-order valence-corrected chi connectivity index (χ4v) is 0.485. The van der Waals surface area contributed by atoms with Crippen LogP contribution in [0.3, 0.4) is 0 Å². The van der Waals surface area contributed by atoms with Gasteiger partial charge in [-0.1, -0.05) is 0 Å². The maximum atomic E-state index is 10.3. The molecule has 0 aliphatic heterocycles. The van der Waals surface area contributed by atoms with Gasteiger partial charge in [-0.15, -0.1) is 0 Å². The molecule has 0 spiro atoms. The van der Waals surface area contributed by atoms with Crippen LogP contribution in [0.1, 0.15) is 5.56 Å². The number of nitrogens with zero attached hydrogens (tertiary/aromatic N) is 2. The highest BCUT2D eigenvalue weighted by Crippen LogP contribution is 1.86. The second kappa shape index (κ2) is 1.77. The molecule has 0 aliphatic rings. The van der Waals surface area contributed by atoms with Gasteiger partial charge >= 0.3 is 0 Å². The zero-order valence-electron chi connectivity index (χ0n) is 4.48. The molecule has 5 heteroatoms. The van der Waals surface area contributed by atoms with Crippen LogP contribution in [-0.2, 0) is 0 Å². The third-order valence-corrected chi connectivity index (χ3v) is 0.893. The topological polar surface area (TPSA) is 76.0 Å². The van der Waals surface area contributed by atoms with Crippen LogP contribution in [0.25, 0.3) is 0 Å². The minimum atomic E-state index is 0.223. The van der Waals surface area contributed by atoms with Gasteiger partial charge in [-0.2, -0.15) is 0 Å². The predicted molar refractivity (Wildman–Crippen MR) is 28.5 cm³/mol. The molecule has 1 aromatic heterocycles. The van der Waals surface area contributed by atoms with Crippen LogP contribution in [0.5, 0.6) is 0 Å². The highest BCUT2D eigenvalue weighted by atomic mass is 16.6. The molecule has 0 unspecified atom stereocenters. The summed E-state index contributed by atoms with van der Waals surface area (Å²) in [5, 5.41) is 25.5. The molecular formula is C4H5N3O2. The van der Waals surface area contributed by atoms with Gasteiger partial charge in [0.2, 0.25) is 6.20 Å². The second-order valence-electron chi connectivity index (χ2n) is 1.53. The lowest BCUT2D eigenvalue weighted by Crippen LogP contribution is -2.34. The minimum absolute atomic E-state index is 0.223. The summed E-state index contributed by atoms with van der Waals surface area (Å²) in [5.41, 5.74) is 0.368. The van der Waals surface area contributed by atoms with E-state index in [0.717, 1.165) is 18.6 Å². The molecule has 0 bridgehead atoms. The number of aromatic nitrogens is 2. The van der Waals surface area contributed by atoms with Gasteiger partial charge in [0.05, 0.1) is 5.56 Å². The molecular weight excluding hydrogens is 122 g/mol. The molecule has 1 aromatic rings. The van der Waals surface area contributed by atoms with Crippen molar-refractivity contribution in [2.75, 3.05) is 0 Å². The van der Waals surface area contributed by atoms with Crippen LogP contribution < -0.4 is 4.85 Å². The van der Waals surface area contributed by atoms with Crippen molar-refractivity contribution in [2.45, 2.75) is 0 Å². The monoisotopic (exact) mass is 127 g/mol. The van der Waals surface area contributed by atoms with E-state index in [4.69, 9.17) is 10.6 Å². The Labute approximate surface area is 50.8 Å². The summed E-state index contributed by atoms with van der Waals surface area (Å²) in [7, 11) is 0. The highest BCUT2D eigenvalue weighted by Gasteiger charge is 2.01. The molecule has 0 fully saturated rings. The molecule has 9 heavy (non-hydrogen) atoms. The molecule has 5 nitrogen and oxygen atoms in total. The summed E-state index contributed by atoms with van der Waals surface area (Å²) in [5.74, 6) is 0. The van der Waals surface area contributed by atoms with Gasteiger partial charge in [-0.05, 0) is 4.85 Å². The Morgan fingerprint density at radius 3 is 2.78 bits per heavy atom. The van der Waals surface area contributed by atoms with Crippen LogP contribution in [0.15, 0.2) is 12.4 Å². The Morgan fingerprint density at radius 1 is 1.89 bits per heavy atom. The Bertz CT molecular complexity index is 210. The lowest BCUT2D eigenvalue weighted by atomic mass is 10.4. The number of hydrogen-bond acceptors (Lipinski definition) is 3. The Hall–Kier alpha value is -1.52. The fraction of sp³-hybridized carbons (Fsp3) is 0. The van der Waals surface area contributed by atoms with Gasteiger partial charge in [0.25, 0.3) is 0 Å². The van der Waals surface area contributed by atoms with E-state index in [1.807, 2.05) is 0 Å². The number of hydrogen-bond donors (Lipinski definition) is 2. The van der Waals surface area contributed by atoms with E-state index in [9.17, 15) is 5.21 Å². The van der Waals surface area contributed by atoms with E-state index in [-0.39, 0.29) is 4.85 Å². The molecule has 0 saturated heterocycles. The smallest absolute Gasteiger partial charge is 0.221 e. The molecule has 0 saturated carbocycles. The summed E-state index contributed by atoms with van der Waals surface area (Å²) < 4.78 is 0. The Balaban J connectivity index is 3.11. The maximum absolute atomic E-state index is 10.3. The van der Waals surface area contributed by atoms with Gasteiger partial charge in [0.15, 0.2) is 0 Å². The first-order chi connectivity index (χ1) is 4.24. The predicted octanol–water partition coefficient (Wildman–Crippen LogP) is -0.644. The van der Waals surface area contributed by atoms with Crippen molar-refractivity contribution in [3.8, 4) is 0 Å². The zero-order valence-corrected chi connectivity index (χ0v) is 4.48. The summed E-state index contributed by atoms with van der Waals surface area (Å²) in [6.45, 7) is 0. The lowest BCUT2D eigenvalue weighted by Gasteiger charge is -1.88. The molecule has 0 radical (unpaired) electrons. The molecule has 1 rings (SSSR count). The standard InChI is InChI=1S/C4H5N3O2/c5-1-4-2-6(8)7(9)3-4/h1-3,5,8H. The Morgan fingerprint density at radius 2 is 2.56 bits per heavy atom. The highest BCUT2D eigenvalue weighted by molar-refractivity contribution is 5.75. The summed E-state index contributed by atoms with van der Waals surface area (Å²) in [4.78, 5) is 0.584. The summed E-state index contributed by atoms with van der Waals surface area (Å²) >= 11 is 0. The van der Waals surface area contributed by atoms with E-state index in [1.54, 1.807) is 0 Å². The van der Waals surface area contributed by atoms with E-state index in [1.165, 1.54) is 0 Å². The summed E-state index contributed by atoms with van der Waals surface area (Å²) in [6, 6.07) is 0. The molecule has 48 valence electrons. The van der Waals surface area contributed by atoms with Crippen LogP contribution in [0, 0.1) is 10.6 Å². The molecule has 0 amide bonds. The van der Waals surface area contributed by atoms with Crippen LogP contribution in [-0.4, -0.2) is 16.3 Å². The average molecular weight is 127 g/mol. The quantitative estimate of drug-likeness (QED) is 0.228. The molecule has 0 aromatic carbocycles. The minimum Gasteiger partial charge on any atom is -0.594 e. The molecule has 2 N–H and O–H groups in total. The zero-order chi connectivity index (χ0) is 6.85. The van der Waals surface area contributed by atoms with Gasteiger partial charge in [-0.25, -0.2) is 0 Å². The van der Waals surface area contributed by atoms with Gasteiger partial charge < -0.3 is 15.8 Å². The van der Waals surface area contributed by atoms with Crippen molar-refractivity contribution >= 4 is 6.21 Å². The third kappa shape index (κ3) is 0.835. The largest absolute Gasteiger partial charge is 0.594 e. The fourth-order valence-electron chi connectivity index (χ4n) is 0.485. The van der Waals surface area contributed by atoms with Gasteiger partial charge in [-0.3, -0.25) is 0 Å². The Kier molecular flexibility index (Phi) is 1.11. The molecule has 1 heterocycles. The van der Waals surface area contributed by atoms with Crippen molar-refractivity contribution in [1.82, 2.24) is 4.85 Å². The first kappa shape index (κ1) is 5.61. The lowest BCUT2D eigenvalue weighted by molar-refractivity contribution is -0.725. The third-order valence-electron chi connectivity index (χ3n) is 0.893. The molecule has 0 aliphatic carbocycles. The second-order valence-corrected chi connectivity index (χ2v) is 1.53. The van der Waals surface area contributed by atoms with Crippen molar-refractivity contribution < 1.29 is 10.1 Å². The van der Waals surface area contributed by atoms with Crippen molar-refractivity contribution in [3.63, 3.8) is 0 Å². The first-order valence-corrected chi connectivity index (χ1v) is 2.25. The van der Waals surface area contributed by atoms with Crippen molar-refractivity contribution in [3.05, 3.63) is 23.2 Å². The SMILES string of the molecule is N=Cc1cn(O)[n+]([O-])c1. The van der Waals surface area contributed by atoms with Crippen LogP contribution >= 0.6 is 0 Å². The van der Waals surface area contributed by atoms with Crippen LogP contribution in [0.2, 0.25) is 0 Å². The van der Waals surface area contributed by atoms with Crippen LogP contribution in [0.4, 0.5) is 0 Å². The number of nitrogens with one attached hydrogen (secondary N) is 1. The summed E-state index contributed by atoms with van der Waals surface area (Å²) in [6.07, 6.45) is 3.20. The first-order valence-electron chi connectivity index (χ1n) is 2.25. The molecule has 0 atom stereocenters. The van der Waals surface area contributed by atoms with E-state index >= 15 is 0 Å². The van der Waals surface area contributed by atoms with E-state index < -0.39 is 0 Å². The van der Waals surface area contributed by atoms with Gasteiger partial charge in [0.1, 0.15) is 6.20 Å².